The number of carbonyl (C=O) groups is 1. The van der Waals surface area contributed by atoms with Gasteiger partial charge < -0.3 is 17.1 Å². The van der Waals surface area contributed by atoms with Crippen molar-refractivity contribution in [2.75, 3.05) is 14.2 Å². The predicted molar refractivity (Wildman–Crippen MR) is 57.7 cm³/mol. The van der Waals surface area contributed by atoms with E-state index in [-0.39, 0.29) is 18.4 Å². The van der Waals surface area contributed by atoms with Gasteiger partial charge in [0.1, 0.15) is 18.8 Å². The zero-order valence-corrected chi connectivity index (χ0v) is 10.7. The number of fused-ring (bicyclic) bond motifs is 1. The zero-order chi connectivity index (χ0) is 11.0. The molecule has 0 saturated heterocycles. The average Bonchev–Trinajstić information content (AvgIpc) is 2.58. The summed E-state index contributed by atoms with van der Waals surface area (Å²) in [6.07, 6.45) is 6.45. The lowest BCUT2D eigenvalue weighted by Crippen LogP contribution is -3.00. The van der Waals surface area contributed by atoms with E-state index in [2.05, 4.69) is 13.1 Å². The standard InChI is InChI=1S/C12H18NO2.ClH/c1-8-4-5-9-10(8)6-13(2)7-11(9)12(14)15-3;/h6-10H,4-5H2,1-3H3;1H/q+1;/p-1/t8-,9-,10+;/m0./s1. The van der Waals surface area contributed by atoms with Crippen molar-refractivity contribution >= 4 is 12.2 Å². The fourth-order valence-electron chi connectivity index (χ4n) is 2.79. The largest absolute Gasteiger partial charge is 1.00 e. The minimum atomic E-state index is -0.168. The molecule has 1 aliphatic carbocycles. The minimum Gasteiger partial charge on any atom is -1.00 e. The number of nitrogens with zero attached hydrogens (tertiary/aromatic N) is 1. The molecule has 2 rings (SSSR count). The van der Waals surface area contributed by atoms with Crippen molar-refractivity contribution in [3.8, 4) is 0 Å². The topological polar surface area (TPSA) is 29.3 Å². The molecule has 16 heavy (non-hydrogen) atoms. The summed E-state index contributed by atoms with van der Waals surface area (Å²) in [5.41, 5.74) is 0.844. The second kappa shape index (κ2) is 5.00. The van der Waals surface area contributed by atoms with Crippen LogP contribution in [-0.2, 0) is 9.53 Å². The van der Waals surface area contributed by atoms with E-state index in [0.29, 0.717) is 17.8 Å². The Kier molecular flexibility index (Phi) is 4.14. The first-order valence-electron chi connectivity index (χ1n) is 5.50. The highest BCUT2D eigenvalue weighted by atomic mass is 35.5. The Morgan fingerprint density at radius 2 is 2.19 bits per heavy atom. The third-order valence-electron chi connectivity index (χ3n) is 3.63. The fourth-order valence-corrected chi connectivity index (χ4v) is 2.79. The van der Waals surface area contributed by atoms with Crippen LogP contribution in [0.25, 0.3) is 0 Å². The van der Waals surface area contributed by atoms with E-state index >= 15 is 0 Å². The zero-order valence-electron chi connectivity index (χ0n) is 9.94. The van der Waals surface area contributed by atoms with Gasteiger partial charge in [-0.3, -0.25) is 0 Å². The van der Waals surface area contributed by atoms with Gasteiger partial charge in [0.2, 0.25) is 0 Å². The van der Waals surface area contributed by atoms with Gasteiger partial charge >= 0.3 is 5.97 Å². The van der Waals surface area contributed by atoms with Crippen LogP contribution in [0, 0.1) is 17.8 Å². The summed E-state index contributed by atoms with van der Waals surface area (Å²) >= 11 is 0. The maximum absolute atomic E-state index is 11.6. The molecule has 0 N–H and O–H groups in total. The van der Waals surface area contributed by atoms with Gasteiger partial charge in [-0.15, -0.1) is 0 Å². The summed E-state index contributed by atoms with van der Waals surface area (Å²) < 4.78 is 6.83. The molecule has 0 aromatic carbocycles. The molecule has 1 saturated carbocycles. The molecule has 4 heteroatoms. The van der Waals surface area contributed by atoms with E-state index in [4.69, 9.17) is 4.74 Å². The normalized spacial score (nSPS) is 32.1. The van der Waals surface area contributed by atoms with E-state index in [9.17, 15) is 4.79 Å². The average molecular weight is 244 g/mol. The van der Waals surface area contributed by atoms with Gasteiger partial charge in [0.05, 0.1) is 7.11 Å². The Morgan fingerprint density at radius 1 is 1.50 bits per heavy atom. The fraction of sp³-hybridized carbons (Fsp3) is 0.667. The highest BCUT2D eigenvalue weighted by molar-refractivity contribution is 5.90. The number of rotatable bonds is 1. The molecule has 1 fully saturated rings. The monoisotopic (exact) mass is 243 g/mol. The molecule has 0 radical (unpaired) electrons. The lowest BCUT2D eigenvalue weighted by Gasteiger charge is -2.21. The van der Waals surface area contributed by atoms with Crippen LogP contribution in [-0.4, -0.2) is 30.9 Å². The van der Waals surface area contributed by atoms with Gasteiger partial charge in [0.25, 0.3) is 0 Å². The van der Waals surface area contributed by atoms with Crippen molar-refractivity contribution in [3.05, 3.63) is 11.8 Å². The van der Waals surface area contributed by atoms with Crippen molar-refractivity contribution in [3.63, 3.8) is 0 Å². The SMILES string of the molecule is COC(=O)C1=C[N+](C)=C[C@H]2[C@@H]1CC[C@@H]2C.[Cl-]. The molecule has 0 aromatic rings. The Bertz CT molecular complexity index is 349. The highest BCUT2D eigenvalue weighted by Gasteiger charge is 2.42. The minimum absolute atomic E-state index is 0. The first-order valence-corrected chi connectivity index (χ1v) is 5.50. The van der Waals surface area contributed by atoms with Crippen LogP contribution in [0.15, 0.2) is 11.8 Å². The molecule has 0 amide bonds. The quantitative estimate of drug-likeness (QED) is 0.412. The molecule has 3 nitrogen and oxygen atoms in total. The Labute approximate surface area is 103 Å². The maximum Gasteiger partial charge on any atom is 0.340 e. The molecule has 1 heterocycles. The van der Waals surface area contributed by atoms with Crippen molar-refractivity contribution in [1.82, 2.24) is 0 Å². The number of hydrogen-bond donors (Lipinski definition) is 0. The highest BCUT2D eigenvalue weighted by Crippen LogP contribution is 2.41. The molecule has 90 valence electrons. The van der Waals surface area contributed by atoms with Gasteiger partial charge in [-0.1, -0.05) is 6.92 Å². The van der Waals surface area contributed by atoms with Crippen molar-refractivity contribution < 1.29 is 26.5 Å². The number of hydrogen-bond acceptors (Lipinski definition) is 2. The summed E-state index contributed by atoms with van der Waals surface area (Å²) in [7, 11) is 3.43. The van der Waals surface area contributed by atoms with Crippen LogP contribution in [0.5, 0.6) is 0 Å². The van der Waals surface area contributed by atoms with Crippen molar-refractivity contribution in [1.29, 1.82) is 0 Å². The van der Waals surface area contributed by atoms with E-state index in [0.717, 1.165) is 12.0 Å². The number of esters is 1. The Hall–Kier alpha value is -0.830. The van der Waals surface area contributed by atoms with E-state index in [1.165, 1.54) is 13.5 Å². The number of halogens is 1. The molecule has 0 bridgehead atoms. The van der Waals surface area contributed by atoms with E-state index in [1.807, 2.05) is 17.8 Å². The second-order valence-corrected chi connectivity index (χ2v) is 4.63. The number of ether oxygens (including phenoxy) is 1. The van der Waals surface area contributed by atoms with E-state index < -0.39 is 0 Å². The summed E-state index contributed by atoms with van der Waals surface area (Å²) in [5.74, 6) is 1.39. The van der Waals surface area contributed by atoms with Gasteiger partial charge in [-0.25, -0.2) is 9.37 Å². The van der Waals surface area contributed by atoms with Gasteiger partial charge in [0.15, 0.2) is 6.20 Å². The van der Waals surface area contributed by atoms with Crippen LogP contribution >= 0.6 is 0 Å². The third kappa shape index (κ3) is 2.14. The lowest BCUT2D eigenvalue weighted by atomic mass is 9.84. The smallest absolute Gasteiger partial charge is 0.340 e. The molecule has 2 aliphatic rings. The number of carbonyl (C=O) groups excluding carboxylic acids is 1. The summed E-state index contributed by atoms with van der Waals surface area (Å²) in [6.45, 7) is 2.26. The van der Waals surface area contributed by atoms with Crippen molar-refractivity contribution in [2.45, 2.75) is 19.8 Å². The molecule has 0 spiro atoms. The summed E-state index contributed by atoms with van der Waals surface area (Å²) in [4.78, 5) is 11.6. The second-order valence-electron chi connectivity index (χ2n) is 4.63. The first kappa shape index (κ1) is 13.2. The van der Waals surface area contributed by atoms with Crippen molar-refractivity contribution in [2.24, 2.45) is 17.8 Å². The Balaban J connectivity index is 0.00000128. The maximum atomic E-state index is 11.6. The molecule has 3 atom stereocenters. The summed E-state index contributed by atoms with van der Waals surface area (Å²) in [6, 6.07) is 0. The van der Waals surface area contributed by atoms with Crippen LogP contribution in [0.1, 0.15) is 19.8 Å². The molecule has 0 aromatic heterocycles. The first-order chi connectivity index (χ1) is 7.13. The molecule has 1 aliphatic heterocycles. The molecule has 0 unspecified atom stereocenters. The van der Waals surface area contributed by atoms with Crippen LogP contribution in [0.4, 0.5) is 0 Å². The molecular weight excluding hydrogens is 226 g/mol. The summed E-state index contributed by atoms with van der Waals surface area (Å²) in [5, 5.41) is 0. The molecular formula is C12H18ClNO2. The predicted octanol–water partition coefficient (Wildman–Crippen LogP) is -1.56. The number of methoxy groups -OCH3 is 1. The van der Waals surface area contributed by atoms with E-state index in [1.54, 1.807) is 0 Å². The van der Waals surface area contributed by atoms with Gasteiger partial charge in [0, 0.05) is 11.8 Å². The van der Waals surface area contributed by atoms with Gasteiger partial charge in [-0.2, -0.15) is 0 Å². The van der Waals surface area contributed by atoms with Crippen LogP contribution in [0.2, 0.25) is 0 Å². The lowest BCUT2D eigenvalue weighted by molar-refractivity contribution is -0.423. The van der Waals surface area contributed by atoms with Crippen LogP contribution < -0.4 is 12.4 Å². The third-order valence-corrected chi connectivity index (χ3v) is 3.63. The van der Waals surface area contributed by atoms with Gasteiger partial charge in [-0.05, 0) is 18.8 Å². The van der Waals surface area contributed by atoms with Crippen LogP contribution in [0.3, 0.4) is 0 Å². The Morgan fingerprint density at radius 3 is 2.81 bits per heavy atom.